The van der Waals surface area contributed by atoms with Crippen molar-refractivity contribution in [1.29, 1.82) is 0 Å². The summed E-state index contributed by atoms with van der Waals surface area (Å²) in [5, 5.41) is 11.1. The van der Waals surface area contributed by atoms with E-state index in [0.29, 0.717) is 11.8 Å². The van der Waals surface area contributed by atoms with Crippen molar-refractivity contribution in [3.05, 3.63) is 83.6 Å². The highest BCUT2D eigenvalue weighted by Gasteiger charge is 2.13. The highest BCUT2D eigenvalue weighted by atomic mass is 19.1. The van der Waals surface area contributed by atoms with Crippen LogP contribution in [-0.2, 0) is 6.54 Å². The van der Waals surface area contributed by atoms with E-state index in [0.717, 1.165) is 22.3 Å². The zero-order valence-corrected chi connectivity index (χ0v) is 15.6. The van der Waals surface area contributed by atoms with Crippen LogP contribution in [0, 0.1) is 18.6 Å². The number of carboxylic acid groups (broad SMARTS) is 1. The second-order valence-corrected chi connectivity index (χ2v) is 6.34. The van der Waals surface area contributed by atoms with Gasteiger partial charge >= 0.3 is 6.09 Å². The van der Waals surface area contributed by atoms with Crippen LogP contribution < -0.4 is 10.1 Å². The topological polar surface area (TPSA) is 71.5 Å². The number of pyridine rings is 1. The summed E-state index contributed by atoms with van der Waals surface area (Å²) in [5.74, 6) is -1.75. The Morgan fingerprint density at radius 2 is 1.97 bits per heavy atom. The van der Waals surface area contributed by atoms with Crippen molar-refractivity contribution in [1.82, 2.24) is 10.3 Å². The lowest BCUT2D eigenvalue weighted by atomic mass is 10.0. The molecule has 0 radical (unpaired) electrons. The molecule has 0 atom stereocenters. The molecule has 2 aromatic carbocycles. The molecule has 148 valence electrons. The fourth-order valence-corrected chi connectivity index (χ4v) is 2.80. The summed E-state index contributed by atoms with van der Waals surface area (Å²) in [6.07, 6.45) is 0.0781. The van der Waals surface area contributed by atoms with E-state index < -0.39 is 17.7 Å². The number of nitrogens with zero attached hydrogens (tertiary/aromatic N) is 1. The lowest BCUT2D eigenvalue weighted by Gasteiger charge is -2.11. The first-order valence-corrected chi connectivity index (χ1v) is 8.70. The van der Waals surface area contributed by atoms with E-state index >= 15 is 0 Å². The SMILES string of the molecule is C=Cc1nc(Oc2cc(C)cc(-c3cccc(CNC(=O)O)c3)c2)c(F)cc1F. The third kappa shape index (κ3) is 4.95. The average molecular weight is 396 g/mol. The largest absolute Gasteiger partial charge is 0.465 e. The van der Waals surface area contributed by atoms with E-state index in [-0.39, 0.29) is 18.1 Å². The van der Waals surface area contributed by atoms with Crippen LogP contribution in [0.2, 0.25) is 0 Å². The lowest BCUT2D eigenvalue weighted by Crippen LogP contribution is -2.19. The van der Waals surface area contributed by atoms with Crippen LogP contribution in [0.5, 0.6) is 11.6 Å². The number of aromatic nitrogens is 1. The van der Waals surface area contributed by atoms with Gasteiger partial charge in [-0.15, -0.1) is 0 Å². The highest BCUT2D eigenvalue weighted by Crippen LogP contribution is 2.30. The molecule has 0 aliphatic carbocycles. The van der Waals surface area contributed by atoms with Crippen LogP contribution in [-0.4, -0.2) is 16.2 Å². The molecule has 0 aliphatic rings. The maximum atomic E-state index is 14.1. The van der Waals surface area contributed by atoms with E-state index in [9.17, 15) is 13.6 Å². The van der Waals surface area contributed by atoms with E-state index in [1.807, 2.05) is 31.2 Å². The standard InChI is InChI=1S/C22H18F2N2O3/c1-3-20-18(23)11-19(24)21(26-20)29-17-8-13(2)7-16(10-17)15-6-4-5-14(9-15)12-25-22(27)28/h3-11,25H,1,12H2,2H3,(H,27,28). The van der Waals surface area contributed by atoms with Gasteiger partial charge in [0.1, 0.15) is 11.4 Å². The van der Waals surface area contributed by atoms with Crippen LogP contribution in [0.3, 0.4) is 0 Å². The maximum Gasteiger partial charge on any atom is 0.404 e. The third-order valence-electron chi connectivity index (χ3n) is 4.09. The number of hydrogen-bond donors (Lipinski definition) is 2. The van der Waals surface area contributed by atoms with Crippen molar-refractivity contribution in [2.24, 2.45) is 0 Å². The van der Waals surface area contributed by atoms with Crippen molar-refractivity contribution in [3.63, 3.8) is 0 Å². The van der Waals surface area contributed by atoms with Gasteiger partial charge in [0.15, 0.2) is 11.6 Å². The smallest absolute Gasteiger partial charge is 0.404 e. The van der Waals surface area contributed by atoms with Crippen LogP contribution >= 0.6 is 0 Å². The van der Waals surface area contributed by atoms with Crippen LogP contribution in [0.4, 0.5) is 13.6 Å². The summed E-state index contributed by atoms with van der Waals surface area (Å²) >= 11 is 0. The number of benzene rings is 2. The Balaban J connectivity index is 1.92. The van der Waals surface area contributed by atoms with E-state index in [2.05, 4.69) is 16.9 Å². The zero-order chi connectivity index (χ0) is 21.0. The number of hydrogen-bond acceptors (Lipinski definition) is 3. The van der Waals surface area contributed by atoms with Gasteiger partial charge in [0, 0.05) is 12.6 Å². The van der Waals surface area contributed by atoms with E-state index in [1.165, 1.54) is 6.08 Å². The number of rotatable bonds is 6. The molecule has 2 N–H and O–H groups in total. The molecular weight excluding hydrogens is 378 g/mol. The minimum Gasteiger partial charge on any atom is -0.465 e. The zero-order valence-electron chi connectivity index (χ0n) is 15.6. The minimum atomic E-state index is -1.10. The van der Waals surface area contributed by atoms with Crippen LogP contribution in [0.15, 0.2) is 55.1 Å². The maximum absolute atomic E-state index is 14.1. The Morgan fingerprint density at radius 1 is 1.17 bits per heavy atom. The molecule has 0 saturated carbocycles. The first-order chi connectivity index (χ1) is 13.9. The quantitative estimate of drug-likeness (QED) is 0.574. The molecule has 1 amide bonds. The number of aryl methyl sites for hydroxylation is 1. The Labute approximate surface area is 166 Å². The fraction of sp³-hybridized carbons (Fsp3) is 0.0909. The molecule has 0 aliphatic heterocycles. The summed E-state index contributed by atoms with van der Waals surface area (Å²) in [5.41, 5.74) is 3.17. The Bertz CT molecular complexity index is 1080. The molecule has 29 heavy (non-hydrogen) atoms. The van der Waals surface area contributed by atoms with Crippen LogP contribution in [0.25, 0.3) is 17.2 Å². The van der Waals surface area contributed by atoms with Crippen molar-refractivity contribution in [3.8, 4) is 22.8 Å². The third-order valence-corrected chi connectivity index (χ3v) is 4.09. The molecular formula is C22H18F2N2O3. The Hall–Kier alpha value is -3.74. The van der Waals surface area contributed by atoms with Gasteiger partial charge in [-0.2, -0.15) is 0 Å². The van der Waals surface area contributed by atoms with Gasteiger partial charge in [0.2, 0.25) is 0 Å². The van der Waals surface area contributed by atoms with Crippen LogP contribution in [0.1, 0.15) is 16.8 Å². The second kappa shape index (κ2) is 8.52. The number of amides is 1. The normalized spacial score (nSPS) is 10.4. The van der Waals surface area contributed by atoms with Crippen molar-refractivity contribution in [2.75, 3.05) is 0 Å². The van der Waals surface area contributed by atoms with E-state index in [4.69, 9.17) is 9.84 Å². The lowest BCUT2D eigenvalue weighted by molar-refractivity contribution is 0.194. The fourth-order valence-electron chi connectivity index (χ4n) is 2.80. The molecule has 0 fully saturated rings. The molecule has 1 aromatic heterocycles. The Morgan fingerprint density at radius 3 is 2.69 bits per heavy atom. The first kappa shape index (κ1) is 20.0. The number of nitrogens with one attached hydrogen (secondary N) is 1. The molecule has 0 bridgehead atoms. The molecule has 0 unspecified atom stereocenters. The van der Waals surface area contributed by atoms with Gasteiger partial charge in [-0.3, -0.25) is 0 Å². The van der Waals surface area contributed by atoms with Gasteiger partial charge in [-0.05, 0) is 53.5 Å². The van der Waals surface area contributed by atoms with Gasteiger partial charge in [0.05, 0.1) is 0 Å². The molecule has 0 spiro atoms. The van der Waals surface area contributed by atoms with Crippen molar-refractivity contribution in [2.45, 2.75) is 13.5 Å². The Kier molecular flexibility index (Phi) is 5.87. The van der Waals surface area contributed by atoms with E-state index in [1.54, 1.807) is 18.2 Å². The highest BCUT2D eigenvalue weighted by molar-refractivity contribution is 5.68. The van der Waals surface area contributed by atoms with Crippen molar-refractivity contribution >= 4 is 12.2 Å². The minimum absolute atomic E-state index is 0.104. The second-order valence-electron chi connectivity index (χ2n) is 6.34. The number of ether oxygens (including phenoxy) is 1. The van der Waals surface area contributed by atoms with Gasteiger partial charge < -0.3 is 15.2 Å². The van der Waals surface area contributed by atoms with Gasteiger partial charge in [-0.25, -0.2) is 18.6 Å². The summed E-state index contributed by atoms with van der Waals surface area (Å²) < 4.78 is 33.2. The average Bonchev–Trinajstić information content (AvgIpc) is 2.68. The summed E-state index contributed by atoms with van der Waals surface area (Å²) in [7, 11) is 0. The van der Waals surface area contributed by atoms with Gasteiger partial charge in [0.25, 0.3) is 5.88 Å². The molecule has 5 nitrogen and oxygen atoms in total. The summed E-state index contributed by atoms with van der Waals surface area (Å²) in [6.45, 7) is 5.48. The first-order valence-electron chi connectivity index (χ1n) is 8.70. The molecule has 3 aromatic rings. The number of carbonyl (C=O) groups is 1. The van der Waals surface area contributed by atoms with Crippen molar-refractivity contribution < 1.29 is 23.4 Å². The summed E-state index contributed by atoms with van der Waals surface area (Å²) in [6, 6.07) is 13.4. The molecule has 1 heterocycles. The monoisotopic (exact) mass is 396 g/mol. The summed E-state index contributed by atoms with van der Waals surface area (Å²) in [4.78, 5) is 14.5. The van der Waals surface area contributed by atoms with Gasteiger partial charge in [-0.1, -0.05) is 30.8 Å². The molecule has 7 heteroatoms. The number of halogens is 2. The predicted molar refractivity (Wildman–Crippen MR) is 106 cm³/mol. The molecule has 0 saturated heterocycles. The molecule has 3 rings (SSSR count). The predicted octanol–water partition coefficient (Wildman–Crippen LogP) is 5.54.